The zero-order valence-electron chi connectivity index (χ0n) is 16.0. The Morgan fingerprint density at radius 1 is 1.07 bits per heavy atom. The maximum atomic E-state index is 12.6. The summed E-state index contributed by atoms with van der Waals surface area (Å²) in [5, 5.41) is 2.94. The van der Waals surface area contributed by atoms with Crippen LogP contribution >= 0.6 is 0 Å². The molecule has 1 saturated heterocycles. The number of aromatic nitrogens is 1. The van der Waals surface area contributed by atoms with Crippen molar-refractivity contribution in [1.29, 1.82) is 0 Å². The molecule has 1 aromatic carbocycles. The Bertz CT molecular complexity index is 943. The van der Waals surface area contributed by atoms with Gasteiger partial charge in [0.2, 0.25) is 5.91 Å². The highest BCUT2D eigenvalue weighted by Gasteiger charge is 2.43. The second kappa shape index (κ2) is 6.22. The van der Waals surface area contributed by atoms with Crippen LogP contribution in [0.1, 0.15) is 31.4 Å². The summed E-state index contributed by atoms with van der Waals surface area (Å²) in [4.78, 5) is 35.7. The number of benzene rings is 1. The molecule has 7 nitrogen and oxygen atoms in total. The number of likely N-dealkylation sites (N-methyl/N-ethyl adjacent to an activating group) is 1. The van der Waals surface area contributed by atoms with Gasteiger partial charge in [-0.1, -0.05) is 30.3 Å². The molecule has 3 aliphatic rings. The minimum atomic E-state index is -0.245. The van der Waals surface area contributed by atoms with Crippen LogP contribution in [-0.2, 0) is 4.79 Å². The van der Waals surface area contributed by atoms with Gasteiger partial charge in [-0.25, -0.2) is 9.78 Å². The van der Waals surface area contributed by atoms with Crippen LogP contribution in [0.4, 0.5) is 22.1 Å². The van der Waals surface area contributed by atoms with Gasteiger partial charge in [0.25, 0.3) is 0 Å². The van der Waals surface area contributed by atoms with E-state index in [0.717, 1.165) is 29.9 Å². The summed E-state index contributed by atoms with van der Waals surface area (Å²) in [5.74, 6) is 1.49. The van der Waals surface area contributed by atoms with E-state index in [1.165, 1.54) is 0 Å². The number of urea groups is 1. The molecule has 3 heterocycles. The van der Waals surface area contributed by atoms with Gasteiger partial charge >= 0.3 is 6.03 Å². The number of pyridine rings is 1. The Morgan fingerprint density at radius 2 is 1.82 bits per heavy atom. The summed E-state index contributed by atoms with van der Waals surface area (Å²) in [6.07, 6.45) is 2.15. The Labute approximate surface area is 163 Å². The fourth-order valence-corrected chi connectivity index (χ4v) is 4.27. The summed E-state index contributed by atoms with van der Waals surface area (Å²) >= 11 is 0. The number of amides is 3. The molecule has 2 fully saturated rings. The molecule has 2 atom stereocenters. The van der Waals surface area contributed by atoms with Gasteiger partial charge in [0.05, 0.1) is 11.7 Å². The standard InChI is InChI=1S/C21H23N5O2/c1-13-20(27)24(2)16-10-11-18(23-19(16)25(13)15-8-9-15)26-17(12-22-21(26)28)14-6-4-3-5-7-14/h3-7,10-11,13,15,17H,8-9,12H2,1-2H3,(H,22,28). The summed E-state index contributed by atoms with van der Waals surface area (Å²) in [5.41, 5.74) is 1.87. The van der Waals surface area contributed by atoms with Gasteiger partial charge in [-0.2, -0.15) is 0 Å². The number of anilines is 3. The van der Waals surface area contributed by atoms with Crippen LogP contribution in [0.15, 0.2) is 42.5 Å². The van der Waals surface area contributed by atoms with Crippen molar-refractivity contribution >= 4 is 29.3 Å². The third-order valence-electron chi connectivity index (χ3n) is 5.90. The molecule has 1 aromatic heterocycles. The first-order valence-electron chi connectivity index (χ1n) is 9.75. The van der Waals surface area contributed by atoms with Gasteiger partial charge in [-0.05, 0) is 37.5 Å². The fraction of sp³-hybridized carbons (Fsp3) is 0.381. The Morgan fingerprint density at radius 3 is 2.54 bits per heavy atom. The lowest BCUT2D eigenvalue weighted by Gasteiger charge is -2.40. The summed E-state index contributed by atoms with van der Waals surface area (Å²) in [6, 6.07) is 13.6. The number of fused-ring (bicyclic) bond motifs is 1. The topological polar surface area (TPSA) is 68.8 Å². The number of carbonyl (C=O) groups is 2. The normalized spacial score (nSPS) is 24.4. The Hall–Kier alpha value is -3.09. The van der Waals surface area contributed by atoms with Crippen LogP contribution < -0.4 is 20.0 Å². The number of nitrogens with one attached hydrogen (secondary N) is 1. The zero-order chi connectivity index (χ0) is 19.4. The van der Waals surface area contributed by atoms with Crippen molar-refractivity contribution in [3.63, 3.8) is 0 Å². The second-order valence-corrected chi connectivity index (χ2v) is 7.71. The molecule has 2 unspecified atom stereocenters. The van der Waals surface area contributed by atoms with Crippen molar-refractivity contribution < 1.29 is 9.59 Å². The monoisotopic (exact) mass is 377 g/mol. The van der Waals surface area contributed by atoms with E-state index in [4.69, 9.17) is 4.98 Å². The number of rotatable bonds is 3. The van der Waals surface area contributed by atoms with E-state index >= 15 is 0 Å². The predicted molar refractivity (Wildman–Crippen MR) is 108 cm³/mol. The predicted octanol–water partition coefficient (Wildman–Crippen LogP) is 2.69. The van der Waals surface area contributed by atoms with Crippen molar-refractivity contribution in [3.8, 4) is 0 Å². The van der Waals surface area contributed by atoms with Gasteiger partial charge in [-0.3, -0.25) is 9.69 Å². The smallest absolute Gasteiger partial charge is 0.323 e. The van der Waals surface area contributed by atoms with Crippen LogP contribution in [0.5, 0.6) is 0 Å². The quantitative estimate of drug-likeness (QED) is 0.893. The first-order chi connectivity index (χ1) is 13.6. The molecule has 144 valence electrons. The molecule has 3 amide bonds. The highest BCUT2D eigenvalue weighted by Crippen LogP contribution is 2.43. The van der Waals surface area contributed by atoms with Crippen LogP contribution in [-0.4, -0.2) is 42.6 Å². The lowest BCUT2D eigenvalue weighted by molar-refractivity contribution is -0.119. The lowest BCUT2D eigenvalue weighted by Crippen LogP contribution is -2.52. The lowest BCUT2D eigenvalue weighted by atomic mass is 10.1. The van der Waals surface area contributed by atoms with E-state index in [2.05, 4.69) is 10.2 Å². The molecule has 0 radical (unpaired) electrons. The average molecular weight is 377 g/mol. The third-order valence-corrected chi connectivity index (χ3v) is 5.90. The molecular formula is C21H23N5O2. The molecular weight excluding hydrogens is 354 g/mol. The number of hydrogen-bond acceptors (Lipinski definition) is 4. The highest BCUT2D eigenvalue weighted by atomic mass is 16.2. The largest absolute Gasteiger partial charge is 0.340 e. The molecule has 5 rings (SSSR count). The molecule has 1 aliphatic carbocycles. The summed E-state index contributed by atoms with van der Waals surface area (Å²) in [6.45, 7) is 2.48. The van der Waals surface area contributed by atoms with Crippen molar-refractivity contribution in [3.05, 3.63) is 48.0 Å². The van der Waals surface area contributed by atoms with Crippen LogP contribution in [0, 0.1) is 0 Å². The molecule has 2 aliphatic heterocycles. The number of hydrogen-bond donors (Lipinski definition) is 1. The molecule has 2 aromatic rings. The van der Waals surface area contributed by atoms with Gasteiger partial charge in [-0.15, -0.1) is 0 Å². The Balaban J connectivity index is 1.58. The fourth-order valence-electron chi connectivity index (χ4n) is 4.27. The number of carbonyl (C=O) groups excluding carboxylic acids is 2. The minimum absolute atomic E-state index is 0.0787. The van der Waals surface area contributed by atoms with Crippen LogP contribution in [0.2, 0.25) is 0 Å². The maximum Gasteiger partial charge on any atom is 0.323 e. The van der Waals surface area contributed by atoms with E-state index in [1.54, 1.807) is 16.8 Å². The Kier molecular flexibility index (Phi) is 3.79. The molecule has 1 saturated carbocycles. The van der Waals surface area contributed by atoms with E-state index in [-0.39, 0.29) is 24.0 Å². The first-order valence-corrected chi connectivity index (χ1v) is 9.75. The summed E-state index contributed by atoms with van der Waals surface area (Å²) < 4.78 is 0. The molecule has 7 heteroatoms. The van der Waals surface area contributed by atoms with E-state index in [9.17, 15) is 9.59 Å². The van der Waals surface area contributed by atoms with E-state index in [0.29, 0.717) is 18.4 Å². The van der Waals surface area contributed by atoms with Crippen molar-refractivity contribution in [2.24, 2.45) is 0 Å². The molecule has 0 spiro atoms. The maximum absolute atomic E-state index is 12.6. The first kappa shape index (κ1) is 17.0. The third kappa shape index (κ3) is 2.53. The van der Waals surface area contributed by atoms with E-state index in [1.807, 2.05) is 49.4 Å². The SMILES string of the molecule is CC1C(=O)N(C)c2ccc(N3C(=O)NCC3c3ccccc3)nc2N1C1CC1. The van der Waals surface area contributed by atoms with E-state index < -0.39 is 0 Å². The van der Waals surface area contributed by atoms with Crippen molar-refractivity contribution in [1.82, 2.24) is 10.3 Å². The van der Waals surface area contributed by atoms with Gasteiger partial charge < -0.3 is 15.1 Å². The molecule has 1 N–H and O–H groups in total. The van der Waals surface area contributed by atoms with Gasteiger partial charge in [0, 0.05) is 19.6 Å². The highest BCUT2D eigenvalue weighted by molar-refractivity contribution is 6.05. The molecule has 0 bridgehead atoms. The van der Waals surface area contributed by atoms with Crippen LogP contribution in [0.3, 0.4) is 0 Å². The minimum Gasteiger partial charge on any atom is -0.340 e. The van der Waals surface area contributed by atoms with Crippen molar-refractivity contribution in [2.75, 3.05) is 28.3 Å². The van der Waals surface area contributed by atoms with Gasteiger partial charge in [0.1, 0.15) is 11.9 Å². The average Bonchev–Trinajstić information content (AvgIpc) is 3.47. The molecule has 28 heavy (non-hydrogen) atoms. The van der Waals surface area contributed by atoms with Gasteiger partial charge in [0.15, 0.2) is 5.82 Å². The number of nitrogens with zero attached hydrogens (tertiary/aromatic N) is 4. The zero-order valence-corrected chi connectivity index (χ0v) is 16.0. The second-order valence-electron chi connectivity index (χ2n) is 7.71. The summed E-state index contributed by atoms with van der Waals surface area (Å²) in [7, 11) is 1.79. The van der Waals surface area contributed by atoms with Crippen LogP contribution in [0.25, 0.3) is 0 Å². The van der Waals surface area contributed by atoms with Crippen molar-refractivity contribution in [2.45, 2.75) is 37.9 Å².